The van der Waals surface area contributed by atoms with Gasteiger partial charge in [0, 0.05) is 20.1 Å². The molecule has 0 radical (unpaired) electrons. The molecule has 0 bridgehead atoms. The first kappa shape index (κ1) is 15.8. The second-order valence-electron chi connectivity index (χ2n) is 5.04. The van der Waals surface area contributed by atoms with Gasteiger partial charge in [-0.05, 0) is 19.1 Å². The maximum absolute atomic E-state index is 12.0. The number of carbonyl (C=O) groups excluding carboxylic acids is 1. The molecule has 0 unspecified atom stereocenters. The molecule has 23 heavy (non-hydrogen) atoms. The van der Waals surface area contributed by atoms with Crippen LogP contribution in [-0.2, 0) is 7.05 Å². The summed E-state index contributed by atoms with van der Waals surface area (Å²) in [6.07, 6.45) is 0. The van der Waals surface area contributed by atoms with Crippen LogP contribution in [0.4, 0.5) is 5.13 Å². The molecule has 3 aromatic rings. The Balaban J connectivity index is 1.54. The lowest BCUT2D eigenvalue weighted by atomic mass is 10.2. The molecule has 0 fully saturated rings. The van der Waals surface area contributed by atoms with E-state index in [9.17, 15) is 4.79 Å². The van der Waals surface area contributed by atoms with Gasteiger partial charge in [0.05, 0.1) is 21.0 Å². The number of halogens is 1. The summed E-state index contributed by atoms with van der Waals surface area (Å²) in [5.41, 5.74) is 2.33. The van der Waals surface area contributed by atoms with Crippen molar-refractivity contribution in [2.24, 2.45) is 7.05 Å². The predicted molar refractivity (Wildman–Crippen MR) is 93.4 cm³/mol. The molecule has 2 N–H and O–H groups in total. The van der Waals surface area contributed by atoms with Gasteiger partial charge in [0.15, 0.2) is 10.8 Å². The molecular weight excluding hydrogens is 334 g/mol. The van der Waals surface area contributed by atoms with Crippen LogP contribution in [0.25, 0.3) is 10.3 Å². The van der Waals surface area contributed by atoms with E-state index in [2.05, 4.69) is 20.7 Å². The lowest BCUT2D eigenvalue weighted by Crippen LogP contribution is -2.28. The summed E-state index contributed by atoms with van der Waals surface area (Å²) in [6.45, 7) is 3.04. The second-order valence-corrected chi connectivity index (χ2v) is 6.45. The Morgan fingerprint density at radius 2 is 2.13 bits per heavy atom. The van der Waals surface area contributed by atoms with Crippen LogP contribution in [0.1, 0.15) is 16.1 Å². The first-order valence-electron chi connectivity index (χ1n) is 7.13. The number of thiazole rings is 1. The maximum atomic E-state index is 12.0. The van der Waals surface area contributed by atoms with Gasteiger partial charge < -0.3 is 10.6 Å². The average molecular weight is 350 g/mol. The van der Waals surface area contributed by atoms with E-state index < -0.39 is 0 Å². The van der Waals surface area contributed by atoms with Gasteiger partial charge in [0.25, 0.3) is 5.91 Å². The smallest absolute Gasteiger partial charge is 0.252 e. The molecular formula is C15H16ClN5OS. The van der Waals surface area contributed by atoms with E-state index >= 15 is 0 Å². The minimum Gasteiger partial charge on any atom is -0.360 e. The number of rotatable bonds is 5. The number of hydrogen-bond acceptors (Lipinski definition) is 5. The van der Waals surface area contributed by atoms with Crippen LogP contribution < -0.4 is 10.6 Å². The number of benzene rings is 1. The maximum Gasteiger partial charge on any atom is 0.252 e. The van der Waals surface area contributed by atoms with Crippen LogP contribution in [0, 0.1) is 6.92 Å². The van der Waals surface area contributed by atoms with E-state index in [0.29, 0.717) is 23.7 Å². The molecule has 1 aromatic carbocycles. The SMILES string of the molecule is Cc1nn(C)c2nc(NCCNC(=O)c3ccccc3Cl)sc12. The minimum absolute atomic E-state index is 0.179. The Bertz CT molecular complexity index is 822. The van der Waals surface area contributed by atoms with Crippen LogP contribution in [0.2, 0.25) is 5.02 Å². The number of carbonyl (C=O) groups is 1. The summed E-state index contributed by atoms with van der Waals surface area (Å²) in [4.78, 5) is 16.5. The molecule has 1 amide bonds. The quantitative estimate of drug-likeness (QED) is 0.695. The van der Waals surface area contributed by atoms with Gasteiger partial charge in [0.2, 0.25) is 0 Å². The average Bonchev–Trinajstić information content (AvgIpc) is 3.06. The van der Waals surface area contributed by atoms with Crippen molar-refractivity contribution in [1.29, 1.82) is 0 Å². The highest BCUT2D eigenvalue weighted by Crippen LogP contribution is 2.27. The number of nitrogens with zero attached hydrogens (tertiary/aromatic N) is 3. The summed E-state index contributed by atoms with van der Waals surface area (Å²) in [7, 11) is 1.88. The number of amides is 1. The van der Waals surface area contributed by atoms with E-state index in [0.717, 1.165) is 21.2 Å². The van der Waals surface area contributed by atoms with Crippen molar-refractivity contribution in [2.45, 2.75) is 6.92 Å². The van der Waals surface area contributed by atoms with Crippen molar-refractivity contribution in [3.63, 3.8) is 0 Å². The van der Waals surface area contributed by atoms with Crippen molar-refractivity contribution in [2.75, 3.05) is 18.4 Å². The molecule has 0 atom stereocenters. The lowest BCUT2D eigenvalue weighted by Gasteiger charge is -2.07. The minimum atomic E-state index is -0.179. The molecule has 120 valence electrons. The summed E-state index contributed by atoms with van der Waals surface area (Å²) in [6, 6.07) is 6.99. The molecule has 6 nitrogen and oxygen atoms in total. The van der Waals surface area contributed by atoms with Crippen molar-refractivity contribution in [1.82, 2.24) is 20.1 Å². The highest BCUT2D eigenvalue weighted by Gasteiger charge is 2.12. The molecule has 0 aliphatic rings. The normalized spacial score (nSPS) is 10.9. The number of fused-ring (bicyclic) bond motifs is 1. The van der Waals surface area contributed by atoms with Gasteiger partial charge in [-0.2, -0.15) is 5.10 Å². The molecule has 0 saturated heterocycles. The van der Waals surface area contributed by atoms with E-state index in [-0.39, 0.29) is 5.91 Å². The van der Waals surface area contributed by atoms with Crippen molar-refractivity contribution in [3.05, 3.63) is 40.5 Å². The number of aromatic nitrogens is 3. The molecule has 3 rings (SSSR count). The fourth-order valence-electron chi connectivity index (χ4n) is 2.25. The number of hydrogen-bond donors (Lipinski definition) is 2. The van der Waals surface area contributed by atoms with E-state index in [1.165, 1.54) is 0 Å². The molecule has 8 heteroatoms. The van der Waals surface area contributed by atoms with Crippen LogP contribution in [0.15, 0.2) is 24.3 Å². The van der Waals surface area contributed by atoms with Gasteiger partial charge in [-0.25, -0.2) is 9.67 Å². The zero-order valence-corrected chi connectivity index (χ0v) is 14.3. The lowest BCUT2D eigenvalue weighted by molar-refractivity contribution is 0.0955. The fraction of sp³-hybridized carbons (Fsp3) is 0.267. The zero-order chi connectivity index (χ0) is 16.4. The second kappa shape index (κ2) is 6.55. The third kappa shape index (κ3) is 3.30. The zero-order valence-electron chi connectivity index (χ0n) is 12.8. The summed E-state index contributed by atoms with van der Waals surface area (Å²) < 4.78 is 2.85. The van der Waals surface area contributed by atoms with E-state index in [4.69, 9.17) is 11.6 Å². The van der Waals surface area contributed by atoms with Crippen LogP contribution in [-0.4, -0.2) is 33.8 Å². The first-order chi connectivity index (χ1) is 11.1. The Hall–Kier alpha value is -2.12. The largest absolute Gasteiger partial charge is 0.360 e. The monoisotopic (exact) mass is 349 g/mol. The Kier molecular flexibility index (Phi) is 4.49. The fourth-order valence-corrected chi connectivity index (χ4v) is 3.43. The predicted octanol–water partition coefficient (Wildman–Crippen LogP) is 2.83. The van der Waals surface area contributed by atoms with Crippen LogP contribution in [0.5, 0.6) is 0 Å². The summed E-state index contributed by atoms with van der Waals surface area (Å²) in [5, 5.41) is 11.6. The topological polar surface area (TPSA) is 71.8 Å². The van der Waals surface area contributed by atoms with Gasteiger partial charge >= 0.3 is 0 Å². The van der Waals surface area contributed by atoms with Gasteiger partial charge in [-0.3, -0.25) is 4.79 Å². The molecule has 2 heterocycles. The highest BCUT2D eigenvalue weighted by atomic mass is 35.5. The molecule has 0 spiro atoms. The third-order valence-corrected chi connectivity index (χ3v) is 4.79. The van der Waals surface area contributed by atoms with Gasteiger partial charge in [0.1, 0.15) is 0 Å². The first-order valence-corrected chi connectivity index (χ1v) is 8.32. The Labute approximate surface area is 142 Å². The molecule has 0 aliphatic carbocycles. The van der Waals surface area contributed by atoms with Crippen molar-refractivity contribution < 1.29 is 4.79 Å². The molecule has 0 aliphatic heterocycles. The van der Waals surface area contributed by atoms with E-state index in [1.54, 1.807) is 40.3 Å². The Morgan fingerprint density at radius 1 is 1.35 bits per heavy atom. The summed E-state index contributed by atoms with van der Waals surface area (Å²) >= 11 is 7.56. The van der Waals surface area contributed by atoms with Crippen LogP contribution >= 0.6 is 22.9 Å². The van der Waals surface area contributed by atoms with Crippen LogP contribution in [0.3, 0.4) is 0 Å². The third-order valence-electron chi connectivity index (χ3n) is 3.35. The molecule has 2 aromatic heterocycles. The van der Waals surface area contributed by atoms with E-state index in [1.807, 2.05) is 14.0 Å². The highest BCUT2D eigenvalue weighted by molar-refractivity contribution is 7.22. The number of anilines is 1. The number of nitrogens with one attached hydrogen (secondary N) is 2. The molecule has 0 saturated carbocycles. The standard InChI is InChI=1S/C15H16ClN5OS/c1-9-12-13(21(2)20-9)19-15(23-12)18-8-7-17-14(22)10-5-3-4-6-11(10)16/h3-6H,7-8H2,1-2H3,(H,17,22)(H,18,19). The van der Waals surface area contributed by atoms with Crippen molar-refractivity contribution >= 4 is 44.3 Å². The van der Waals surface area contributed by atoms with Gasteiger partial charge in [-0.1, -0.05) is 35.1 Å². The van der Waals surface area contributed by atoms with Crippen molar-refractivity contribution in [3.8, 4) is 0 Å². The summed E-state index contributed by atoms with van der Waals surface area (Å²) in [5.74, 6) is -0.179. The van der Waals surface area contributed by atoms with Gasteiger partial charge in [-0.15, -0.1) is 0 Å². The Morgan fingerprint density at radius 3 is 2.87 bits per heavy atom. The number of aryl methyl sites for hydroxylation is 2.